The molecular formula is C33H50BO26-3. The molecule has 60 heavy (non-hydrogen) atoms. The molecule has 0 aromatic heterocycles. The molecule has 0 aliphatic carbocycles. The summed E-state index contributed by atoms with van der Waals surface area (Å²) >= 11 is 0. The molecule has 9 N–H and O–H groups in total. The standard InChI is InChI=1S/C33H53BO26/c1-50-26-15(6-52-8-17(37)38)55-12(21(44)22(26)45)3-11-13(4-35)59-33(34,30(49)20(11)43)60-28-14(5-36)56-32(29(25(28)48)54-10-19(41)42)58-27-16(7-53-9-18(39)40)57-31(51-2)24(47)23(27)46/h11-16,20-32,35-36,43-49H,3-10H2,1-2H3,(H,37,38)(H,39,40)(H,41,42)/p-3/t11-,12+,13+,14?,15?,16+,20?,21?,22-,23?,24?,25+,26-,27-,28-,29?,30?,31?,32+,33-/m1/s1. The molecule has 20 atom stereocenters. The smallest absolute Gasteiger partial charge is 0.187 e. The third-order valence-electron chi connectivity index (χ3n) is 10.4. The first-order valence-electron chi connectivity index (χ1n) is 18.5. The number of aliphatic carboxylic acids is 3. The van der Waals surface area contributed by atoms with Crippen molar-refractivity contribution in [3.8, 4) is 0 Å². The first-order valence-corrected chi connectivity index (χ1v) is 18.5. The summed E-state index contributed by atoms with van der Waals surface area (Å²) in [4.78, 5) is 33.2. The Morgan fingerprint density at radius 2 is 1.15 bits per heavy atom. The number of aliphatic hydroxyl groups excluding tert-OH is 9. The lowest BCUT2D eigenvalue weighted by Crippen LogP contribution is -2.70. The molecule has 0 amide bonds. The van der Waals surface area contributed by atoms with Crippen LogP contribution in [0.5, 0.6) is 0 Å². The van der Waals surface area contributed by atoms with Crippen molar-refractivity contribution in [2.75, 3.05) is 60.5 Å². The van der Waals surface area contributed by atoms with Gasteiger partial charge in [-0.1, -0.05) is 0 Å². The molecule has 9 unspecified atom stereocenters. The van der Waals surface area contributed by atoms with Crippen molar-refractivity contribution in [2.24, 2.45) is 5.92 Å². The Balaban J connectivity index is 1.55. The molecule has 344 valence electrons. The van der Waals surface area contributed by atoms with Crippen LogP contribution in [0.3, 0.4) is 0 Å². The maximum absolute atomic E-state index is 11.6. The third kappa shape index (κ3) is 11.8. The van der Waals surface area contributed by atoms with Gasteiger partial charge in [-0.2, -0.15) is 0 Å². The Morgan fingerprint density at radius 3 is 1.68 bits per heavy atom. The van der Waals surface area contributed by atoms with Crippen LogP contribution in [0.2, 0.25) is 0 Å². The molecule has 27 heteroatoms. The highest BCUT2D eigenvalue weighted by Crippen LogP contribution is 2.40. The van der Waals surface area contributed by atoms with Crippen molar-refractivity contribution in [1.82, 2.24) is 0 Å². The van der Waals surface area contributed by atoms with Crippen molar-refractivity contribution < 1.29 is 128 Å². The fraction of sp³-hybridized carbons (Fsp3) is 0.909. The summed E-state index contributed by atoms with van der Waals surface area (Å²) in [6, 6.07) is 0. The van der Waals surface area contributed by atoms with Crippen LogP contribution >= 0.6 is 0 Å². The average molecular weight is 874 g/mol. The number of ether oxygens (including phenoxy) is 11. The van der Waals surface area contributed by atoms with Crippen LogP contribution in [-0.4, -0.2) is 248 Å². The average Bonchev–Trinajstić information content (AvgIpc) is 3.19. The normalized spacial score (nSPS) is 43.7. The topological polar surface area (TPSA) is 404 Å². The lowest BCUT2D eigenvalue weighted by atomic mass is 9.74. The van der Waals surface area contributed by atoms with E-state index in [0.717, 1.165) is 7.11 Å². The molecule has 0 spiro atoms. The molecular weight excluding hydrogens is 823 g/mol. The minimum Gasteiger partial charge on any atom is -0.548 e. The second-order valence-electron chi connectivity index (χ2n) is 14.4. The van der Waals surface area contributed by atoms with Crippen molar-refractivity contribution in [3.05, 3.63) is 0 Å². The fourth-order valence-electron chi connectivity index (χ4n) is 7.48. The molecule has 4 aliphatic heterocycles. The molecule has 4 heterocycles. The van der Waals surface area contributed by atoms with Crippen molar-refractivity contribution >= 4 is 25.8 Å². The summed E-state index contributed by atoms with van der Waals surface area (Å²) < 4.78 is 59.9. The van der Waals surface area contributed by atoms with Gasteiger partial charge in [0.05, 0.1) is 82.5 Å². The zero-order valence-electron chi connectivity index (χ0n) is 32.2. The molecule has 26 nitrogen and oxygen atoms in total. The quantitative estimate of drug-likeness (QED) is 0.0483. The maximum Gasteiger partial charge on any atom is 0.187 e. The van der Waals surface area contributed by atoms with Crippen molar-refractivity contribution in [3.63, 3.8) is 0 Å². The van der Waals surface area contributed by atoms with Crippen LogP contribution in [-0.2, 0) is 66.5 Å². The van der Waals surface area contributed by atoms with Crippen molar-refractivity contribution in [1.29, 1.82) is 0 Å². The summed E-state index contributed by atoms with van der Waals surface area (Å²) in [5.41, 5.74) is -2.89. The molecule has 4 fully saturated rings. The summed E-state index contributed by atoms with van der Waals surface area (Å²) in [6.07, 6.45) is -31.7. The van der Waals surface area contributed by atoms with E-state index in [2.05, 4.69) is 0 Å². The summed E-state index contributed by atoms with van der Waals surface area (Å²) in [6.45, 7) is -6.11. The molecule has 0 bridgehead atoms. The van der Waals surface area contributed by atoms with Gasteiger partial charge in [-0.15, -0.1) is 0 Å². The largest absolute Gasteiger partial charge is 0.548 e. The van der Waals surface area contributed by atoms with Crippen LogP contribution in [0.15, 0.2) is 0 Å². The molecule has 0 saturated carbocycles. The molecule has 4 saturated heterocycles. The number of rotatable bonds is 21. The number of methoxy groups -OCH3 is 2. The van der Waals surface area contributed by atoms with E-state index in [-0.39, 0.29) is 0 Å². The molecule has 0 aromatic carbocycles. The lowest BCUT2D eigenvalue weighted by Gasteiger charge is -2.53. The van der Waals surface area contributed by atoms with Gasteiger partial charge in [0.15, 0.2) is 20.4 Å². The fourth-order valence-corrected chi connectivity index (χ4v) is 7.48. The first kappa shape index (κ1) is 50.3. The number of carbonyl (C=O) groups excluding carboxylic acids is 3. The first-order chi connectivity index (χ1) is 28.3. The van der Waals surface area contributed by atoms with Gasteiger partial charge >= 0.3 is 0 Å². The van der Waals surface area contributed by atoms with E-state index in [1.165, 1.54) is 7.11 Å². The summed E-state index contributed by atoms with van der Waals surface area (Å²) in [7, 11) is 8.60. The van der Waals surface area contributed by atoms with Crippen LogP contribution in [0, 0.1) is 5.92 Å². The summed E-state index contributed by atoms with van der Waals surface area (Å²) in [5, 5.41) is 131. The lowest BCUT2D eigenvalue weighted by molar-refractivity contribution is -0.391. The van der Waals surface area contributed by atoms with E-state index >= 15 is 0 Å². The monoisotopic (exact) mass is 873 g/mol. The van der Waals surface area contributed by atoms with Crippen LogP contribution in [0.25, 0.3) is 0 Å². The van der Waals surface area contributed by atoms with Crippen molar-refractivity contribution in [2.45, 2.75) is 122 Å². The number of carboxylic acids is 3. The van der Waals surface area contributed by atoms with Gasteiger partial charge in [-0.3, -0.25) is 0 Å². The maximum atomic E-state index is 11.6. The zero-order valence-corrected chi connectivity index (χ0v) is 32.2. The predicted octanol–water partition coefficient (Wildman–Crippen LogP) is -12.0. The SMILES string of the molecule is [B][C@@]1(O[C@@H]2C(CO)O[C@@H](O[C@H]3C(O)C(O)C(OC)O[C@H]3COCC(=O)[O-])C(OCC(=O)[O-])[C@H]2O)O[C@@H](CO)[C@@H](C[C@@H]2OC(COCC(=O)[O-])[C@@H](OC)[C@H](O)C2O)C(O)C1O. The highest BCUT2D eigenvalue weighted by molar-refractivity contribution is 6.14. The third-order valence-corrected chi connectivity index (χ3v) is 10.4. The second-order valence-corrected chi connectivity index (χ2v) is 14.4. The number of aliphatic hydroxyl groups is 9. The van der Waals surface area contributed by atoms with Gasteiger partial charge in [0, 0.05) is 20.1 Å². The number of carboxylic acid groups (broad SMARTS) is 3. The van der Waals surface area contributed by atoms with Gasteiger partial charge in [0.2, 0.25) is 0 Å². The summed E-state index contributed by atoms with van der Waals surface area (Å²) in [5.74, 6) is -6.35. The minimum atomic E-state index is -2.89. The van der Waals surface area contributed by atoms with Crippen LogP contribution in [0.4, 0.5) is 0 Å². The van der Waals surface area contributed by atoms with E-state index in [9.17, 15) is 75.7 Å². The highest BCUT2D eigenvalue weighted by atomic mass is 16.8. The Bertz CT molecular complexity index is 1380. The Hall–Kier alpha value is -2.33. The van der Waals surface area contributed by atoms with E-state index < -0.39 is 192 Å². The van der Waals surface area contributed by atoms with Crippen LogP contribution in [0.1, 0.15) is 6.42 Å². The second kappa shape index (κ2) is 22.3. The Morgan fingerprint density at radius 1 is 0.600 bits per heavy atom. The van der Waals surface area contributed by atoms with E-state index in [0.29, 0.717) is 0 Å². The van der Waals surface area contributed by atoms with Gasteiger partial charge in [-0.25, -0.2) is 0 Å². The molecule has 0 aromatic rings. The number of hydrogen-bond acceptors (Lipinski definition) is 26. The minimum absolute atomic E-state index is 0.454. The Labute approximate surface area is 342 Å². The van der Waals surface area contributed by atoms with Crippen LogP contribution < -0.4 is 15.3 Å². The van der Waals surface area contributed by atoms with Gasteiger partial charge < -0.3 is 128 Å². The zero-order chi connectivity index (χ0) is 44.6. The molecule has 4 aliphatic rings. The number of hydrogen-bond donors (Lipinski definition) is 9. The van der Waals surface area contributed by atoms with Gasteiger partial charge in [0.25, 0.3) is 0 Å². The van der Waals surface area contributed by atoms with Gasteiger partial charge in [-0.05, 0) is 6.42 Å². The van der Waals surface area contributed by atoms with Gasteiger partial charge in [0.1, 0.15) is 85.0 Å². The Kier molecular flexibility index (Phi) is 18.7. The number of carbonyl (C=O) groups is 3. The molecule has 2 radical (unpaired) electrons. The highest BCUT2D eigenvalue weighted by Gasteiger charge is 2.58. The van der Waals surface area contributed by atoms with E-state index in [4.69, 9.17) is 60.0 Å². The molecule has 4 rings (SSSR count). The van der Waals surface area contributed by atoms with E-state index in [1.54, 1.807) is 0 Å². The predicted molar refractivity (Wildman–Crippen MR) is 178 cm³/mol. The van der Waals surface area contributed by atoms with E-state index in [1.807, 2.05) is 0 Å².